The first-order chi connectivity index (χ1) is 15.7. The van der Waals surface area contributed by atoms with Gasteiger partial charge in [0.15, 0.2) is 18.1 Å². The van der Waals surface area contributed by atoms with Crippen molar-refractivity contribution in [3.63, 3.8) is 0 Å². The Morgan fingerprint density at radius 2 is 1.79 bits per heavy atom. The lowest BCUT2D eigenvalue weighted by Gasteiger charge is -2.13. The number of hydrazone groups is 1. The van der Waals surface area contributed by atoms with Gasteiger partial charge in [0, 0.05) is 11.1 Å². The number of carbonyl (C=O) groups excluding carboxylic acids is 3. The molecule has 0 bridgehead atoms. The van der Waals surface area contributed by atoms with Crippen molar-refractivity contribution in [3.05, 3.63) is 52.0 Å². The molecule has 0 spiro atoms. The lowest BCUT2D eigenvalue weighted by atomic mass is 10.2. The predicted octanol–water partition coefficient (Wildman–Crippen LogP) is 3.38. The summed E-state index contributed by atoms with van der Waals surface area (Å²) < 4.78 is 11.1. The van der Waals surface area contributed by atoms with E-state index >= 15 is 0 Å². The molecule has 11 heteroatoms. The minimum absolute atomic E-state index is 0.168. The van der Waals surface area contributed by atoms with E-state index in [9.17, 15) is 14.4 Å². The summed E-state index contributed by atoms with van der Waals surface area (Å²) in [5.74, 6) is -1.36. The Kier molecular flexibility index (Phi) is 9.96. The number of benzene rings is 2. The number of nitrogens with one attached hydrogen (secondary N) is 3. The van der Waals surface area contributed by atoms with E-state index in [1.54, 1.807) is 51.1 Å². The van der Waals surface area contributed by atoms with Crippen molar-refractivity contribution < 1.29 is 23.9 Å². The minimum atomic E-state index is -0.878. The van der Waals surface area contributed by atoms with Gasteiger partial charge in [-0.1, -0.05) is 23.2 Å². The van der Waals surface area contributed by atoms with Crippen LogP contribution in [0.1, 0.15) is 26.3 Å². The van der Waals surface area contributed by atoms with Crippen LogP contribution < -0.4 is 25.5 Å². The van der Waals surface area contributed by atoms with Gasteiger partial charge in [-0.05, 0) is 62.7 Å². The molecule has 2 aromatic rings. The molecule has 0 aromatic heterocycles. The van der Waals surface area contributed by atoms with Gasteiger partial charge < -0.3 is 20.1 Å². The fourth-order valence-corrected chi connectivity index (χ4v) is 2.91. The molecule has 0 radical (unpaired) electrons. The smallest absolute Gasteiger partial charge is 0.329 e. The first-order valence-corrected chi connectivity index (χ1v) is 10.7. The average Bonchev–Trinajstić information content (AvgIpc) is 2.75. The van der Waals surface area contributed by atoms with Gasteiger partial charge in [-0.25, -0.2) is 5.43 Å². The van der Waals surface area contributed by atoms with Crippen molar-refractivity contribution in [1.82, 2.24) is 10.7 Å². The summed E-state index contributed by atoms with van der Waals surface area (Å²) >= 11 is 11.9. The molecule has 0 aliphatic carbocycles. The highest BCUT2D eigenvalue weighted by Gasteiger charge is 2.13. The van der Waals surface area contributed by atoms with Gasteiger partial charge in [0.1, 0.15) is 0 Å². The number of hydrogen-bond acceptors (Lipinski definition) is 6. The van der Waals surface area contributed by atoms with E-state index in [0.29, 0.717) is 39.4 Å². The molecule has 2 rings (SSSR count). The fourth-order valence-electron chi connectivity index (χ4n) is 2.46. The molecular formula is C22H24Cl2N4O5. The maximum absolute atomic E-state index is 12.2. The zero-order valence-corrected chi connectivity index (χ0v) is 19.8. The van der Waals surface area contributed by atoms with Gasteiger partial charge in [-0.2, -0.15) is 5.10 Å². The molecule has 0 atom stereocenters. The first kappa shape index (κ1) is 26.0. The molecule has 0 unspecified atom stereocenters. The van der Waals surface area contributed by atoms with Crippen LogP contribution >= 0.6 is 23.2 Å². The van der Waals surface area contributed by atoms with Gasteiger partial charge >= 0.3 is 11.8 Å². The molecule has 2 aromatic carbocycles. The zero-order chi connectivity index (χ0) is 24.4. The molecule has 3 amide bonds. The topological polar surface area (TPSA) is 118 Å². The summed E-state index contributed by atoms with van der Waals surface area (Å²) in [6.07, 6.45) is 1.35. The second-order valence-corrected chi connectivity index (χ2v) is 7.77. The number of nitrogens with zero attached hydrogens (tertiary/aromatic N) is 1. The Bertz CT molecular complexity index is 1040. The van der Waals surface area contributed by atoms with E-state index < -0.39 is 17.7 Å². The maximum Gasteiger partial charge on any atom is 0.329 e. The summed E-state index contributed by atoms with van der Waals surface area (Å²) in [6.45, 7) is 5.35. The van der Waals surface area contributed by atoms with Crippen molar-refractivity contribution in [1.29, 1.82) is 0 Å². The molecule has 176 valence electrons. The number of halogens is 2. The molecule has 0 fully saturated rings. The Morgan fingerprint density at radius 3 is 2.45 bits per heavy atom. The van der Waals surface area contributed by atoms with Crippen molar-refractivity contribution in [2.75, 3.05) is 18.5 Å². The molecule has 0 saturated carbocycles. The van der Waals surface area contributed by atoms with Crippen molar-refractivity contribution in [2.45, 2.75) is 26.8 Å². The summed E-state index contributed by atoms with van der Waals surface area (Å²) in [6, 6.07) is 9.42. The summed E-state index contributed by atoms with van der Waals surface area (Å²) in [5, 5.41) is 9.63. The second-order valence-electron chi connectivity index (χ2n) is 6.93. The molecule has 33 heavy (non-hydrogen) atoms. The van der Waals surface area contributed by atoms with Crippen LogP contribution in [0.4, 0.5) is 5.69 Å². The highest BCUT2D eigenvalue weighted by Crippen LogP contribution is 2.28. The van der Waals surface area contributed by atoms with Gasteiger partial charge in [-0.15, -0.1) is 0 Å². The Balaban J connectivity index is 1.98. The molecule has 0 aliphatic heterocycles. The summed E-state index contributed by atoms with van der Waals surface area (Å²) in [5.41, 5.74) is 3.14. The molecule has 0 heterocycles. The quantitative estimate of drug-likeness (QED) is 0.280. The molecule has 9 nitrogen and oxygen atoms in total. The van der Waals surface area contributed by atoms with E-state index in [-0.39, 0.29) is 12.6 Å². The lowest BCUT2D eigenvalue weighted by molar-refractivity contribution is -0.139. The number of carbonyl (C=O) groups is 3. The normalized spacial score (nSPS) is 10.7. The predicted molar refractivity (Wildman–Crippen MR) is 127 cm³/mol. The van der Waals surface area contributed by atoms with E-state index in [4.69, 9.17) is 32.7 Å². The van der Waals surface area contributed by atoms with Crippen LogP contribution in [0.2, 0.25) is 10.0 Å². The van der Waals surface area contributed by atoms with Crippen molar-refractivity contribution in [3.8, 4) is 11.5 Å². The highest BCUT2D eigenvalue weighted by atomic mass is 35.5. The van der Waals surface area contributed by atoms with Crippen LogP contribution in [-0.4, -0.2) is 43.2 Å². The number of rotatable bonds is 9. The highest BCUT2D eigenvalue weighted by molar-refractivity contribution is 6.36. The van der Waals surface area contributed by atoms with Gasteiger partial charge in [0.2, 0.25) is 0 Å². The zero-order valence-electron chi connectivity index (χ0n) is 18.3. The van der Waals surface area contributed by atoms with E-state index in [1.165, 1.54) is 12.3 Å². The molecule has 0 saturated heterocycles. The summed E-state index contributed by atoms with van der Waals surface area (Å²) in [7, 11) is 0. The first-order valence-electron chi connectivity index (χ1n) is 9.98. The number of hydrogen-bond donors (Lipinski definition) is 3. The Labute approximate surface area is 201 Å². The van der Waals surface area contributed by atoms with Crippen LogP contribution in [0.3, 0.4) is 0 Å². The SMILES string of the molecule is CCOc1cc(/C=N\NC(=O)C(=O)NC(C)C)ccc1OCC(=O)Nc1ccc(Cl)cc1Cl. The van der Waals surface area contributed by atoms with Crippen LogP contribution in [0.5, 0.6) is 11.5 Å². The number of amides is 3. The van der Waals surface area contributed by atoms with Crippen LogP contribution in [-0.2, 0) is 14.4 Å². The number of ether oxygens (including phenoxy) is 2. The maximum atomic E-state index is 12.2. The Hall–Kier alpha value is -3.30. The molecule has 3 N–H and O–H groups in total. The third-order valence-corrected chi connectivity index (χ3v) is 4.39. The van der Waals surface area contributed by atoms with Crippen LogP contribution in [0.15, 0.2) is 41.5 Å². The lowest BCUT2D eigenvalue weighted by Crippen LogP contribution is -2.41. The Morgan fingerprint density at radius 1 is 1.03 bits per heavy atom. The third-order valence-electron chi connectivity index (χ3n) is 3.84. The van der Waals surface area contributed by atoms with Gasteiger partial charge in [0.05, 0.1) is 23.5 Å². The largest absolute Gasteiger partial charge is 0.490 e. The van der Waals surface area contributed by atoms with Gasteiger partial charge in [-0.3, -0.25) is 14.4 Å². The fraction of sp³-hybridized carbons (Fsp3) is 0.273. The number of anilines is 1. The molecular weight excluding hydrogens is 471 g/mol. The van der Waals surface area contributed by atoms with E-state index in [0.717, 1.165) is 0 Å². The van der Waals surface area contributed by atoms with Crippen LogP contribution in [0.25, 0.3) is 0 Å². The van der Waals surface area contributed by atoms with Crippen LogP contribution in [0, 0.1) is 0 Å². The average molecular weight is 495 g/mol. The minimum Gasteiger partial charge on any atom is -0.490 e. The third kappa shape index (κ3) is 8.63. The van der Waals surface area contributed by atoms with E-state index in [2.05, 4.69) is 21.2 Å². The second kappa shape index (κ2) is 12.7. The van der Waals surface area contributed by atoms with Crippen molar-refractivity contribution >= 4 is 52.8 Å². The molecule has 0 aliphatic rings. The van der Waals surface area contributed by atoms with E-state index in [1.807, 2.05) is 0 Å². The monoisotopic (exact) mass is 494 g/mol. The van der Waals surface area contributed by atoms with Crippen molar-refractivity contribution in [2.24, 2.45) is 5.10 Å². The van der Waals surface area contributed by atoms with Gasteiger partial charge in [0.25, 0.3) is 5.91 Å². The summed E-state index contributed by atoms with van der Waals surface area (Å²) in [4.78, 5) is 35.5. The standard InChI is InChI=1S/C22H24Cl2N4O5/c1-4-32-19-9-14(11-25-28-22(31)21(30)26-13(2)3)5-8-18(19)33-12-20(29)27-17-7-6-15(23)10-16(17)24/h5-11,13H,4,12H2,1-3H3,(H,26,30)(H,27,29)(H,28,31)/b25-11-.